The second-order valence-corrected chi connectivity index (χ2v) is 10.0. The molecule has 0 saturated heterocycles. The Kier molecular flexibility index (Phi) is 6.34. The van der Waals surface area contributed by atoms with Crippen LogP contribution in [0, 0.1) is 20.8 Å². The van der Waals surface area contributed by atoms with Gasteiger partial charge in [0.2, 0.25) is 10.0 Å². The van der Waals surface area contributed by atoms with Crippen molar-refractivity contribution in [2.45, 2.75) is 44.4 Å². The number of rotatable bonds is 7. The third-order valence-electron chi connectivity index (χ3n) is 4.55. The molecule has 8 heteroatoms. The molecule has 0 aliphatic rings. The van der Waals surface area contributed by atoms with Crippen molar-refractivity contribution in [3.05, 3.63) is 53.1 Å². The Balaban J connectivity index is 2.45. The van der Waals surface area contributed by atoms with Gasteiger partial charge in [-0.1, -0.05) is 26.0 Å². The number of hydrogen-bond acceptors (Lipinski definition) is 4. The molecule has 0 bridgehead atoms. The molecule has 0 saturated carbocycles. The first-order valence-corrected chi connectivity index (χ1v) is 11.7. The van der Waals surface area contributed by atoms with Crippen molar-refractivity contribution in [3.63, 3.8) is 0 Å². The summed E-state index contributed by atoms with van der Waals surface area (Å²) in [5.41, 5.74) is 2.64. The highest BCUT2D eigenvalue weighted by Gasteiger charge is 2.24. The number of nitrogens with zero attached hydrogens (tertiary/aromatic N) is 1. The number of anilines is 1. The standard InChI is InChI=1S/C19H26N2O4S2/c1-6-21(7-2)27(24,25)19-13-17(10-8-15(19)4)20-26(22,23)18-11-9-14(3)16(5)12-18/h8-13,20H,6-7H2,1-5H3. The Labute approximate surface area is 162 Å². The molecule has 148 valence electrons. The summed E-state index contributed by atoms with van der Waals surface area (Å²) in [4.78, 5) is 0.241. The Morgan fingerprint density at radius 2 is 1.41 bits per heavy atom. The summed E-state index contributed by atoms with van der Waals surface area (Å²) in [6.45, 7) is 9.66. The van der Waals surface area contributed by atoms with Crippen molar-refractivity contribution in [1.29, 1.82) is 0 Å². The molecule has 0 aromatic heterocycles. The van der Waals surface area contributed by atoms with Crippen LogP contribution in [0.2, 0.25) is 0 Å². The summed E-state index contributed by atoms with van der Waals surface area (Å²) in [5, 5.41) is 0. The molecule has 1 N–H and O–H groups in total. The molecule has 0 spiro atoms. The van der Waals surface area contributed by atoms with Gasteiger partial charge in [-0.05, 0) is 61.7 Å². The largest absolute Gasteiger partial charge is 0.280 e. The molecule has 27 heavy (non-hydrogen) atoms. The third-order valence-corrected chi connectivity index (χ3v) is 8.12. The second kappa shape index (κ2) is 8.00. The van der Waals surface area contributed by atoms with E-state index in [1.807, 2.05) is 13.8 Å². The van der Waals surface area contributed by atoms with Crippen LogP contribution in [0.25, 0.3) is 0 Å². The number of sulfonamides is 2. The first-order chi connectivity index (χ1) is 12.5. The highest BCUT2D eigenvalue weighted by molar-refractivity contribution is 7.92. The molecule has 2 rings (SSSR count). The minimum absolute atomic E-state index is 0.103. The average molecular weight is 411 g/mol. The zero-order valence-corrected chi connectivity index (χ0v) is 17.9. The topological polar surface area (TPSA) is 83.6 Å². The summed E-state index contributed by atoms with van der Waals surface area (Å²) >= 11 is 0. The molecule has 6 nitrogen and oxygen atoms in total. The van der Waals surface area contributed by atoms with Gasteiger partial charge in [-0.25, -0.2) is 16.8 Å². The van der Waals surface area contributed by atoms with Crippen molar-refractivity contribution in [1.82, 2.24) is 4.31 Å². The maximum atomic E-state index is 12.8. The molecule has 0 radical (unpaired) electrons. The molecule has 0 unspecified atom stereocenters. The van der Waals surface area contributed by atoms with Crippen molar-refractivity contribution in [2.24, 2.45) is 0 Å². The van der Waals surface area contributed by atoms with Gasteiger partial charge in [0.05, 0.1) is 15.5 Å². The fourth-order valence-electron chi connectivity index (χ4n) is 2.74. The lowest BCUT2D eigenvalue weighted by Crippen LogP contribution is -2.31. The molecule has 0 heterocycles. The Morgan fingerprint density at radius 3 is 1.96 bits per heavy atom. The van der Waals surface area contributed by atoms with E-state index in [1.54, 1.807) is 45.0 Å². The molecule has 2 aromatic carbocycles. The van der Waals surface area contributed by atoms with Crippen LogP contribution in [0.1, 0.15) is 30.5 Å². The van der Waals surface area contributed by atoms with E-state index in [0.717, 1.165) is 11.1 Å². The second-order valence-electron chi connectivity index (χ2n) is 6.42. The lowest BCUT2D eigenvalue weighted by atomic mass is 10.1. The number of aryl methyl sites for hydroxylation is 3. The van der Waals surface area contributed by atoms with Crippen LogP contribution >= 0.6 is 0 Å². The summed E-state index contributed by atoms with van der Waals surface area (Å²) in [6, 6.07) is 9.42. The van der Waals surface area contributed by atoms with Crippen LogP contribution in [-0.2, 0) is 20.0 Å². The quantitative estimate of drug-likeness (QED) is 0.758. The number of benzene rings is 2. The van der Waals surface area contributed by atoms with Crippen LogP contribution < -0.4 is 4.72 Å². The smallest absolute Gasteiger partial charge is 0.261 e. The van der Waals surface area contributed by atoms with E-state index < -0.39 is 20.0 Å². The summed E-state index contributed by atoms with van der Waals surface area (Å²) < 4.78 is 54.9. The number of nitrogens with one attached hydrogen (secondary N) is 1. The van der Waals surface area contributed by atoms with E-state index in [9.17, 15) is 16.8 Å². The molecule has 2 aromatic rings. The van der Waals surface area contributed by atoms with E-state index in [2.05, 4.69) is 4.72 Å². The van der Waals surface area contributed by atoms with E-state index in [-0.39, 0.29) is 15.5 Å². The van der Waals surface area contributed by atoms with Gasteiger partial charge in [-0.15, -0.1) is 0 Å². The van der Waals surface area contributed by atoms with Gasteiger partial charge in [-0.3, -0.25) is 4.72 Å². The maximum absolute atomic E-state index is 12.8. The van der Waals surface area contributed by atoms with Crippen LogP contribution in [0.5, 0.6) is 0 Å². The molecular formula is C19H26N2O4S2. The van der Waals surface area contributed by atoms with E-state index >= 15 is 0 Å². The van der Waals surface area contributed by atoms with E-state index in [1.165, 1.54) is 16.4 Å². The van der Waals surface area contributed by atoms with Gasteiger partial charge >= 0.3 is 0 Å². The Hall–Kier alpha value is -1.90. The van der Waals surface area contributed by atoms with Crippen molar-refractivity contribution in [2.75, 3.05) is 17.8 Å². The van der Waals surface area contributed by atoms with Crippen LogP contribution in [0.3, 0.4) is 0 Å². The van der Waals surface area contributed by atoms with Crippen LogP contribution in [-0.4, -0.2) is 34.2 Å². The summed E-state index contributed by atoms with van der Waals surface area (Å²) in [6.07, 6.45) is 0. The minimum atomic E-state index is -3.82. The average Bonchev–Trinajstić information content (AvgIpc) is 2.59. The summed E-state index contributed by atoms with van der Waals surface area (Å²) in [5.74, 6) is 0. The molecule has 0 aliphatic carbocycles. The van der Waals surface area contributed by atoms with E-state index in [0.29, 0.717) is 18.7 Å². The lowest BCUT2D eigenvalue weighted by molar-refractivity contribution is 0.445. The minimum Gasteiger partial charge on any atom is -0.280 e. The first kappa shape index (κ1) is 21.4. The predicted molar refractivity (Wildman–Crippen MR) is 108 cm³/mol. The third kappa shape index (κ3) is 4.51. The number of hydrogen-bond donors (Lipinski definition) is 1. The normalized spacial score (nSPS) is 12.4. The van der Waals surface area contributed by atoms with Crippen molar-refractivity contribution in [3.8, 4) is 0 Å². The fraction of sp³-hybridized carbons (Fsp3) is 0.368. The molecule has 0 amide bonds. The van der Waals surface area contributed by atoms with Crippen LogP contribution in [0.15, 0.2) is 46.2 Å². The maximum Gasteiger partial charge on any atom is 0.261 e. The van der Waals surface area contributed by atoms with Gasteiger partial charge in [0.25, 0.3) is 10.0 Å². The zero-order valence-electron chi connectivity index (χ0n) is 16.3. The van der Waals surface area contributed by atoms with Gasteiger partial charge < -0.3 is 0 Å². The summed E-state index contributed by atoms with van der Waals surface area (Å²) in [7, 11) is -7.51. The monoisotopic (exact) mass is 410 g/mol. The van der Waals surface area contributed by atoms with Gasteiger partial charge in [-0.2, -0.15) is 4.31 Å². The van der Waals surface area contributed by atoms with Gasteiger partial charge in [0.1, 0.15) is 0 Å². The molecule has 0 aliphatic heterocycles. The van der Waals surface area contributed by atoms with Crippen molar-refractivity contribution >= 4 is 25.7 Å². The van der Waals surface area contributed by atoms with E-state index in [4.69, 9.17) is 0 Å². The van der Waals surface area contributed by atoms with Gasteiger partial charge in [0, 0.05) is 13.1 Å². The SMILES string of the molecule is CCN(CC)S(=O)(=O)c1cc(NS(=O)(=O)c2ccc(C)c(C)c2)ccc1C. The van der Waals surface area contributed by atoms with Crippen molar-refractivity contribution < 1.29 is 16.8 Å². The Bertz CT molecular complexity index is 1040. The first-order valence-electron chi connectivity index (χ1n) is 8.73. The molecular weight excluding hydrogens is 384 g/mol. The Morgan fingerprint density at radius 1 is 0.815 bits per heavy atom. The zero-order chi connectivity index (χ0) is 20.4. The highest BCUT2D eigenvalue weighted by atomic mass is 32.2. The molecule has 0 atom stereocenters. The van der Waals surface area contributed by atoms with Crippen LogP contribution in [0.4, 0.5) is 5.69 Å². The highest BCUT2D eigenvalue weighted by Crippen LogP contribution is 2.25. The molecule has 0 fully saturated rings. The lowest BCUT2D eigenvalue weighted by Gasteiger charge is -2.20. The van der Waals surface area contributed by atoms with Gasteiger partial charge in [0.15, 0.2) is 0 Å². The fourth-order valence-corrected chi connectivity index (χ4v) is 5.58. The predicted octanol–water partition coefficient (Wildman–Crippen LogP) is 3.44.